The molecule has 0 saturated carbocycles. The van der Waals surface area contributed by atoms with Crippen LogP contribution in [0.15, 0.2) is 24.3 Å². The van der Waals surface area contributed by atoms with Gasteiger partial charge in [0.15, 0.2) is 6.61 Å². The van der Waals surface area contributed by atoms with E-state index < -0.39 is 11.9 Å². The molecule has 2 rings (SSSR count). The third kappa shape index (κ3) is 5.25. The zero-order valence-electron chi connectivity index (χ0n) is 12.7. The minimum Gasteiger partial charge on any atom is -0.455 e. The molecule has 1 fully saturated rings. The minimum atomic E-state index is -0.482. The van der Waals surface area contributed by atoms with E-state index in [2.05, 4.69) is 0 Å². The van der Waals surface area contributed by atoms with E-state index in [0.29, 0.717) is 24.5 Å². The number of carbonyl (C=O) groups is 3. The summed E-state index contributed by atoms with van der Waals surface area (Å²) in [6, 6.07) is 6.83. The first kappa shape index (κ1) is 17.3. The number of esters is 1. The maximum atomic E-state index is 12.0. The lowest BCUT2D eigenvalue weighted by Crippen LogP contribution is -2.45. The van der Waals surface area contributed by atoms with E-state index in [-0.39, 0.29) is 24.9 Å². The Labute approximate surface area is 139 Å². The number of nitrogens with zero attached hydrogens (tertiary/aromatic N) is 1. The summed E-state index contributed by atoms with van der Waals surface area (Å²) in [7, 11) is 0. The number of halogens is 1. The molecule has 1 aliphatic heterocycles. The molecule has 1 aliphatic rings. The number of amides is 2. The van der Waals surface area contributed by atoms with Gasteiger partial charge in [0.2, 0.25) is 5.91 Å². The fraction of sp³-hybridized carbons (Fsp3) is 0.438. The molecule has 124 valence electrons. The van der Waals surface area contributed by atoms with Crippen molar-refractivity contribution in [2.45, 2.75) is 19.3 Å². The zero-order chi connectivity index (χ0) is 16.8. The highest BCUT2D eigenvalue weighted by Crippen LogP contribution is 2.16. The third-order valence-electron chi connectivity index (χ3n) is 3.79. The van der Waals surface area contributed by atoms with Crippen LogP contribution in [-0.4, -0.2) is 42.4 Å². The Morgan fingerprint density at radius 2 is 1.96 bits per heavy atom. The van der Waals surface area contributed by atoms with Gasteiger partial charge in [0.05, 0.1) is 12.3 Å². The molecule has 0 aliphatic carbocycles. The average molecular weight is 339 g/mol. The van der Waals surface area contributed by atoms with Crippen LogP contribution in [-0.2, 0) is 25.5 Å². The highest BCUT2D eigenvalue weighted by atomic mass is 35.5. The van der Waals surface area contributed by atoms with Crippen molar-refractivity contribution < 1.29 is 19.1 Å². The van der Waals surface area contributed by atoms with Crippen molar-refractivity contribution >= 4 is 29.4 Å². The molecule has 1 aromatic carbocycles. The predicted molar refractivity (Wildman–Crippen MR) is 84.6 cm³/mol. The van der Waals surface area contributed by atoms with E-state index in [1.165, 1.54) is 4.90 Å². The molecular formula is C16H19ClN2O4. The Hall–Kier alpha value is -2.08. The maximum Gasteiger partial charge on any atom is 0.310 e. The van der Waals surface area contributed by atoms with Gasteiger partial charge in [0, 0.05) is 18.1 Å². The molecule has 2 N–H and O–H groups in total. The molecule has 7 heteroatoms. The van der Waals surface area contributed by atoms with E-state index in [4.69, 9.17) is 22.1 Å². The molecule has 6 nitrogen and oxygen atoms in total. The molecule has 0 unspecified atom stereocenters. The van der Waals surface area contributed by atoms with Gasteiger partial charge in [-0.2, -0.15) is 0 Å². The van der Waals surface area contributed by atoms with Gasteiger partial charge in [0.25, 0.3) is 5.91 Å². The summed E-state index contributed by atoms with van der Waals surface area (Å²) in [5.41, 5.74) is 6.04. The van der Waals surface area contributed by atoms with Gasteiger partial charge >= 0.3 is 5.97 Å². The smallest absolute Gasteiger partial charge is 0.310 e. The van der Waals surface area contributed by atoms with Crippen molar-refractivity contribution in [3.8, 4) is 0 Å². The number of piperidine rings is 1. The number of carbonyl (C=O) groups excluding carboxylic acids is 3. The second kappa shape index (κ2) is 7.97. The number of rotatable bonds is 5. The van der Waals surface area contributed by atoms with Crippen molar-refractivity contribution in [1.82, 2.24) is 4.90 Å². The van der Waals surface area contributed by atoms with Crippen LogP contribution in [0.2, 0.25) is 5.02 Å². The Morgan fingerprint density at radius 3 is 2.61 bits per heavy atom. The summed E-state index contributed by atoms with van der Waals surface area (Å²) in [4.78, 5) is 36.5. The van der Waals surface area contributed by atoms with Crippen LogP contribution in [0.25, 0.3) is 0 Å². The van der Waals surface area contributed by atoms with E-state index in [1.54, 1.807) is 24.3 Å². The van der Waals surface area contributed by atoms with E-state index in [9.17, 15) is 14.4 Å². The summed E-state index contributed by atoms with van der Waals surface area (Å²) in [6.07, 6.45) is 1.49. The zero-order valence-corrected chi connectivity index (χ0v) is 13.4. The Kier molecular flexibility index (Phi) is 5.98. The van der Waals surface area contributed by atoms with E-state index in [0.717, 1.165) is 12.0 Å². The van der Waals surface area contributed by atoms with Crippen LogP contribution in [0, 0.1) is 5.92 Å². The van der Waals surface area contributed by atoms with Gasteiger partial charge in [-0.05, 0) is 30.5 Å². The monoisotopic (exact) mass is 338 g/mol. The maximum absolute atomic E-state index is 12.0. The fourth-order valence-corrected chi connectivity index (χ4v) is 2.62. The van der Waals surface area contributed by atoms with Crippen molar-refractivity contribution in [1.29, 1.82) is 0 Å². The number of ether oxygens (including phenoxy) is 1. The predicted octanol–water partition coefficient (Wildman–Crippen LogP) is 1.15. The topological polar surface area (TPSA) is 89.7 Å². The Bertz CT molecular complexity index is 588. The normalized spacial score (nSPS) is 17.6. The summed E-state index contributed by atoms with van der Waals surface area (Å²) >= 11 is 5.77. The van der Waals surface area contributed by atoms with Crippen LogP contribution in [0.3, 0.4) is 0 Å². The second-order valence-corrected chi connectivity index (χ2v) is 5.98. The van der Waals surface area contributed by atoms with E-state index in [1.807, 2.05) is 0 Å². The van der Waals surface area contributed by atoms with Gasteiger partial charge in [-0.15, -0.1) is 0 Å². The Balaban J connectivity index is 1.78. The fourth-order valence-electron chi connectivity index (χ4n) is 2.49. The molecule has 1 aromatic rings. The molecule has 0 aromatic heterocycles. The van der Waals surface area contributed by atoms with Crippen molar-refractivity contribution in [2.24, 2.45) is 11.7 Å². The van der Waals surface area contributed by atoms with Gasteiger partial charge in [0.1, 0.15) is 0 Å². The SMILES string of the molecule is NC(=O)[C@@H]1CCCN(C(=O)COC(=O)Cc2ccc(Cl)cc2)C1. The van der Waals surface area contributed by atoms with Crippen LogP contribution in [0.5, 0.6) is 0 Å². The summed E-state index contributed by atoms with van der Waals surface area (Å²) in [6.45, 7) is 0.526. The van der Waals surface area contributed by atoms with Gasteiger partial charge in [-0.3, -0.25) is 14.4 Å². The largest absolute Gasteiger partial charge is 0.455 e. The quantitative estimate of drug-likeness (QED) is 0.815. The van der Waals surface area contributed by atoms with Gasteiger partial charge in [-0.1, -0.05) is 23.7 Å². The van der Waals surface area contributed by atoms with Crippen LogP contribution in [0.4, 0.5) is 0 Å². The first-order chi connectivity index (χ1) is 11.0. The standard InChI is InChI=1S/C16H19ClN2O4/c17-13-5-3-11(4-6-13)8-15(21)23-10-14(20)19-7-1-2-12(9-19)16(18)22/h3-6,12H,1-2,7-10H2,(H2,18,22)/t12-/m1/s1. The third-order valence-corrected chi connectivity index (χ3v) is 4.05. The summed E-state index contributed by atoms with van der Waals surface area (Å²) in [5.74, 6) is -1.51. The number of hydrogen-bond acceptors (Lipinski definition) is 4. The molecule has 1 heterocycles. The lowest BCUT2D eigenvalue weighted by Gasteiger charge is -2.31. The number of nitrogens with two attached hydrogens (primary N) is 1. The molecule has 0 radical (unpaired) electrons. The first-order valence-electron chi connectivity index (χ1n) is 7.43. The second-order valence-electron chi connectivity index (χ2n) is 5.55. The lowest BCUT2D eigenvalue weighted by molar-refractivity contribution is -0.152. The van der Waals surface area contributed by atoms with Crippen LogP contribution < -0.4 is 5.73 Å². The van der Waals surface area contributed by atoms with E-state index >= 15 is 0 Å². The van der Waals surface area contributed by atoms with Gasteiger partial charge < -0.3 is 15.4 Å². The molecule has 1 atom stereocenters. The molecule has 0 bridgehead atoms. The lowest BCUT2D eigenvalue weighted by atomic mass is 9.97. The summed E-state index contributed by atoms with van der Waals surface area (Å²) in [5, 5.41) is 0.589. The number of primary amides is 1. The van der Waals surface area contributed by atoms with Crippen molar-refractivity contribution in [3.63, 3.8) is 0 Å². The number of hydrogen-bond donors (Lipinski definition) is 1. The molecular weight excluding hydrogens is 320 g/mol. The molecule has 2 amide bonds. The molecule has 0 spiro atoms. The average Bonchev–Trinajstić information content (AvgIpc) is 2.55. The van der Waals surface area contributed by atoms with Gasteiger partial charge in [-0.25, -0.2) is 0 Å². The number of likely N-dealkylation sites (tertiary alicyclic amines) is 1. The van der Waals surface area contributed by atoms with Crippen molar-refractivity contribution in [2.75, 3.05) is 19.7 Å². The highest BCUT2D eigenvalue weighted by molar-refractivity contribution is 6.30. The molecule has 1 saturated heterocycles. The number of benzene rings is 1. The minimum absolute atomic E-state index is 0.0777. The summed E-state index contributed by atoms with van der Waals surface area (Å²) < 4.78 is 5.01. The van der Waals surface area contributed by atoms with Crippen LogP contribution in [0.1, 0.15) is 18.4 Å². The highest BCUT2D eigenvalue weighted by Gasteiger charge is 2.27. The van der Waals surface area contributed by atoms with Crippen LogP contribution >= 0.6 is 11.6 Å². The Morgan fingerprint density at radius 1 is 1.26 bits per heavy atom. The van der Waals surface area contributed by atoms with Crippen molar-refractivity contribution in [3.05, 3.63) is 34.9 Å². The molecule has 23 heavy (non-hydrogen) atoms. The first-order valence-corrected chi connectivity index (χ1v) is 7.80.